The summed E-state index contributed by atoms with van der Waals surface area (Å²) in [5.74, 6) is 2.44. The Bertz CT molecular complexity index is 456. The van der Waals surface area contributed by atoms with E-state index in [-0.39, 0.29) is 5.41 Å². The lowest BCUT2D eigenvalue weighted by molar-refractivity contribution is -0.0979. The molecule has 0 amide bonds. The first-order chi connectivity index (χ1) is 8.07. The highest BCUT2D eigenvalue weighted by Crippen LogP contribution is 2.63. The summed E-state index contributed by atoms with van der Waals surface area (Å²) in [5.41, 5.74) is -1.09. The molecule has 17 heavy (non-hydrogen) atoms. The van der Waals surface area contributed by atoms with Gasteiger partial charge in [-0.15, -0.1) is 0 Å². The minimum atomic E-state index is -0.952. The quantitative estimate of drug-likeness (QED) is 0.752. The van der Waals surface area contributed by atoms with E-state index in [1.54, 1.807) is 0 Å². The average Bonchev–Trinajstić information content (AvgIpc) is 2.61. The van der Waals surface area contributed by atoms with Crippen LogP contribution in [0.1, 0.15) is 50.2 Å². The molecule has 2 atom stereocenters. The van der Waals surface area contributed by atoms with E-state index in [2.05, 4.69) is 10.1 Å². The zero-order valence-corrected chi connectivity index (χ0v) is 10.1. The first-order valence-corrected chi connectivity index (χ1v) is 6.57. The third-order valence-corrected chi connectivity index (χ3v) is 4.97. The Hall–Kier alpha value is -0.930. The van der Waals surface area contributed by atoms with Crippen LogP contribution in [0.3, 0.4) is 0 Å². The van der Waals surface area contributed by atoms with Crippen LogP contribution < -0.4 is 0 Å². The van der Waals surface area contributed by atoms with Crippen LogP contribution in [0.25, 0.3) is 0 Å². The van der Waals surface area contributed by atoms with Crippen LogP contribution >= 0.6 is 0 Å². The van der Waals surface area contributed by atoms with Gasteiger partial charge in [-0.25, -0.2) is 4.39 Å². The molecule has 0 N–H and O–H groups in total. The van der Waals surface area contributed by atoms with Crippen molar-refractivity contribution in [3.05, 3.63) is 11.7 Å². The third-order valence-electron chi connectivity index (χ3n) is 4.97. The summed E-state index contributed by atoms with van der Waals surface area (Å²) in [6, 6.07) is 0. The van der Waals surface area contributed by atoms with E-state index < -0.39 is 5.67 Å². The van der Waals surface area contributed by atoms with Gasteiger partial charge in [0.2, 0.25) is 5.89 Å². The highest BCUT2D eigenvalue weighted by atomic mass is 19.1. The summed E-state index contributed by atoms with van der Waals surface area (Å²) >= 11 is 0. The van der Waals surface area contributed by atoms with Gasteiger partial charge in [0.05, 0.1) is 5.41 Å². The molecule has 1 aromatic rings. The second-order valence-electron chi connectivity index (χ2n) is 6.54. The number of hydrogen-bond acceptors (Lipinski definition) is 3. The molecule has 4 saturated carbocycles. The van der Waals surface area contributed by atoms with Crippen molar-refractivity contribution in [2.75, 3.05) is 0 Å². The topological polar surface area (TPSA) is 38.9 Å². The zero-order valence-electron chi connectivity index (χ0n) is 10.1. The normalized spacial score (nSPS) is 47.6. The van der Waals surface area contributed by atoms with Gasteiger partial charge in [-0.05, 0) is 57.3 Å². The fourth-order valence-electron chi connectivity index (χ4n) is 4.91. The summed E-state index contributed by atoms with van der Waals surface area (Å²) in [7, 11) is 0. The summed E-state index contributed by atoms with van der Waals surface area (Å²) in [6.07, 6.45) is 5.44. The maximum Gasteiger partial charge on any atom is 0.232 e. The summed E-state index contributed by atoms with van der Waals surface area (Å²) in [5, 5.41) is 3.89. The van der Waals surface area contributed by atoms with Gasteiger partial charge in [-0.3, -0.25) is 0 Å². The van der Waals surface area contributed by atoms with Crippen molar-refractivity contribution in [3.63, 3.8) is 0 Å². The molecule has 2 unspecified atom stereocenters. The van der Waals surface area contributed by atoms with Gasteiger partial charge in [-0.1, -0.05) is 5.16 Å². The van der Waals surface area contributed by atoms with Crippen molar-refractivity contribution >= 4 is 0 Å². The van der Waals surface area contributed by atoms with E-state index >= 15 is 0 Å². The molecule has 3 nitrogen and oxygen atoms in total. The summed E-state index contributed by atoms with van der Waals surface area (Å²) in [4.78, 5) is 4.39. The van der Waals surface area contributed by atoms with Crippen LogP contribution in [0.2, 0.25) is 0 Å². The number of halogens is 1. The Morgan fingerprint density at radius 1 is 1.24 bits per heavy atom. The molecule has 4 heteroatoms. The van der Waals surface area contributed by atoms with Crippen LogP contribution in [0.5, 0.6) is 0 Å². The number of alkyl halides is 1. The molecular weight excluding hydrogens is 219 g/mol. The number of nitrogens with zero attached hydrogens (tertiary/aromatic N) is 2. The maximum atomic E-state index is 14.7. The standard InChI is InChI=1S/C13H17FN2O/c1-8-15-11(17-16-8)12-3-9-2-10(4-12)6-13(14,5-9)7-12/h9-10H,2-7H2,1H3. The molecule has 0 radical (unpaired) electrons. The van der Waals surface area contributed by atoms with E-state index in [0.29, 0.717) is 30.0 Å². The van der Waals surface area contributed by atoms with Crippen LogP contribution in [0.4, 0.5) is 4.39 Å². The van der Waals surface area contributed by atoms with Crippen molar-refractivity contribution in [2.45, 2.75) is 56.5 Å². The number of rotatable bonds is 1. The molecule has 4 bridgehead atoms. The van der Waals surface area contributed by atoms with Gasteiger partial charge < -0.3 is 4.52 Å². The average molecular weight is 236 g/mol. The van der Waals surface area contributed by atoms with Crippen molar-refractivity contribution in [3.8, 4) is 0 Å². The van der Waals surface area contributed by atoms with E-state index in [0.717, 1.165) is 25.7 Å². The molecule has 0 aliphatic heterocycles. The van der Waals surface area contributed by atoms with E-state index in [9.17, 15) is 4.39 Å². The van der Waals surface area contributed by atoms with Crippen LogP contribution in [-0.2, 0) is 5.41 Å². The van der Waals surface area contributed by atoms with Crippen LogP contribution in [-0.4, -0.2) is 15.8 Å². The fourth-order valence-corrected chi connectivity index (χ4v) is 4.91. The smallest absolute Gasteiger partial charge is 0.232 e. The van der Waals surface area contributed by atoms with Crippen LogP contribution in [0.15, 0.2) is 4.52 Å². The molecule has 0 saturated heterocycles. The largest absolute Gasteiger partial charge is 0.339 e. The monoisotopic (exact) mass is 236 g/mol. The predicted octanol–water partition coefficient (Wildman–Crippen LogP) is 2.94. The van der Waals surface area contributed by atoms with Gasteiger partial charge >= 0.3 is 0 Å². The Balaban J connectivity index is 1.79. The van der Waals surface area contributed by atoms with Crippen molar-refractivity contribution in [2.24, 2.45) is 11.8 Å². The molecular formula is C13H17FN2O. The van der Waals surface area contributed by atoms with Crippen molar-refractivity contribution < 1.29 is 8.91 Å². The SMILES string of the molecule is Cc1noc(C23CC4CC(CC(F)(C4)C2)C3)n1. The Morgan fingerprint density at radius 3 is 2.47 bits per heavy atom. The van der Waals surface area contributed by atoms with E-state index in [1.807, 2.05) is 6.92 Å². The van der Waals surface area contributed by atoms with Crippen molar-refractivity contribution in [1.82, 2.24) is 10.1 Å². The number of aryl methyl sites for hydroxylation is 1. The summed E-state index contributed by atoms with van der Waals surface area (Å²) < 4.78 is 20.1. The van der Waals surface area contributed by atoms with Gasteiger partial charge in [0.25, 0.3) is 0 Å². The lowest BCUT2D eigenvalue weighted by Crippen LogP contribution is -2.55. The second-order valence-corrected chi connectivity index (χ2v) is 6.54. The molecule has 1 aromatic heterocycles. The molecule has 4 aliphatic rings. The minimum absolute atomic E-state index is 0.139. The lowest BCUT2D eigenvalue weighted by Gasteiger charge is -2.57. The molecule has 4 aliphatic carbocycles. The number of hydrogen-bond donors (Lipinski definition) is 0. The molecule has 0 spiro atoms. The highest BCUT2D eigenvalue weighted by molar-refractivity contribution is 5.19. The van der Waals surface area contributed by atoms with E-state index in [4.69, 9.17) is 4.52 Å². The molecule has 92 valence electrons. The van der Waals surface area contributed by atoms with Gasteiger partial charge in [-0.2, -0.15) is 4.98 Å². The molecule has 1 heterocycles. The lowest BCUT2D eigenvalue weighted by atomic mass is 9.48. The van der Waals surface area contributed by atoms with Crippen LogP contribution in [0, 0.1) is 18.8 Å². The minimum Gasteiger partial charge on any atom is -0.339 e. The first-order valence-electron chi connectivity index (χ1n) is 6.57. The maximum absolute atomic E-state index is 14.7. The molecule has 0 aromatic carbocycles. The Morgan fingerprint density at radius 2 is 1.94 bits per heavy atom. The van der Waals surface area contributed by atoms with Crippen molar-refractivity contribution in [1.29, 1.82) is 0 Å². The zero-order chi connectivity index (χ0) is 11.7. The highest BCUT2D eigenvalue weighted by Gasteiger charge is 2.60. The Kier molecular flexibility index (Phi) is 1.71. The van der Waals surface area contributed by atoms with Gasteiger partial charge in [0.1, 0.15) is 5.67 Å². The van der Waals surface area contributed by atoms with Gasteiger partial charge in [0, 0.05) is 0 Å². The second kappa shape index (κ2) is 2.90. The number of aromatic nitrogens is 2. The fraction of sp³-hybridized carbons (Fsp3) is 0.846. The Labute approximate surface area is 99.8 Å². The molecule has 4 fully saturated rings. The van der Waals surface area contributed by atoms with E-state index in [1.165, 1.54) is 6.42 Å². The predicted molar refractivity (Wildman–Crippen MR) is 59.2 cm³/mol. The molecule has 5 rings (SSSR count). The third kappa shape index (κ3) is 1.33. The first kappa shape index (κ1) is 10.0. The summed E-state index contributed by atoms with van der Waals surface area (Å²) in [6.45, 7) is 1.83. The van der Waals surface area contributed by atoms with Gasteiger partial charge in [0.15, 0.2) is 5.82 Å².